The third kappa shape index (κ3) is 5.43. The Bertz CT molecular complexity index is 402. The van der Waals surface area contributed by atoms with E-state index in [2.05, 4.69) is 29.5 Å². The van der Waals surface area contributed by atoms with Crippen molar-refractivity contribution in [3.63, 3.8) is 0 Å². The second-order valence-electron chi connectivity index (χ2n) is 4.57. The van der Waals surface area contributed by atoms with Crippen molar-refractivity contribution in [2.24, 2.45) is 5.92 Å². The van der Waals surface area contributed by atoms with Crippen molar-refractivity contribution in [2.45, 2.75) is 26.7 Å². The Hall–Kier alpha value is -0.710. The van der Waals surface area contributed by atoms with Gasteiger partial charge in [0.15, 0.2) is 0 Å². The zero-order chi connectivity index (χ0) is 14.3. The van der Waals surface area contributed by atoms with Gasteiger partial charge in [0.05, 0.1) is 10.0 Å². The quantitative estimate of drug-likeness (QED) is 0.686. The van der Waals surface area contributed by atoms with E-state index in [4.69, 9.17) is 28.3 Å². The highest BCUT2D eigenvalue weighted by molar-refractivity contribution is 6.37. The molecule has 1 heterocycles. The molecule has 0 aliphatic carbocycles. The predicted molar refractivity (Wildman–Crippen MR) is 82.4 cm³/mol. The van der Waals surface area contributed by atoms with E-state index < -0.39 is 0 Å². The Morgan fingerprint density at radius 1 is 1.26 bits per heavy atom. The summed E-state index contributed by atoms with van der Waals surface area (Å²) in [6.45, 7) is 5.85. The Balaban J connectivity index is 2.71. The standard InChI is InChI=1S/C13H21Cl2N3O/c1-3-5-16-12-10(14)7-11(15)13(18-12)17-8-9(2)4-6-19/h7,9,19H,3-6,8H2,1-2H3,(H2,16,17,18). The van der Waals surface area contributed by atoms with Crippen LogP contribution in [0.2, 0.25) is 10.0 Å². The number of nitrogens with one attached hydrogen (secondary N) is 2. The smallest absolute Gasteiger partial charge is 0.147 e. The fourth-order valence-corrected chi connectivity index (χ4v) is 2.04. The maximum Gasteiger partial charge on any atom is 0.147 e. The van der Waals surface area contributed by atoms with Crippen molar-refractivity contribution in [3.05, 3.63) is 16.1 Å². The van der Waals surface area contributed by atoms with Crippen LogP contribution in [-0.4, -0.2) is 29.8 Å². The molecule has 0 saturated heterocycles. The van der Waals surface area contributed by atoms with Gasteiger partial charge >= 0.3 is 0 Å². The van der Waals surface area contributed by atoms with Crippen LogP contribution in [0.1, 0.15) is 26.7 Å². The minimum absolute atomic E-state index is 0.188. The number of aliphatic hydroxyl groups is 1. The third-order valence-corrected chi connectivity index (χ3v) is 3.29. The van der Waals surface area contributed by atoms with Crippen LogP contribution in [0.5, 0.6) is 0 Å². The molecule has 0 aliphatic heterocycles. The second kappa shape index (κ2) is 8.46. The highest BCUT2D eigenvalue weighted by atomic mass is 35.5. The van der Waals surface area contributed by atoms with Gasteiger partial charge in [-0.25, -0.2) is 4.98 Å². The van der Waals surface area contributed by atoms with Gasteiger partial charge in [0, 0.05) is 19.7 Å². The van der Waals surface area contributed by atoms with Gasteiger partial charge in [0.2, 0.25) is 0 Å². The Labute approximate surface area is 124 Å². The molecule has 1 unspecified atom stereocenters. The van der Waals surface area contributed by atoms with E-state index in [-0.39, 0.29) is 6.61 Å². The minimum Gasteiger partial charge on any atom is -0.396 e. The number of pyridine rings is 1. The summed E-state index contributed by atoms with van der Waals surface area (Å²) in [7, 11) is 0. The molecule has 0 radical (unpaired) electrons. The van der Waals surface area contributed by atoms with Gasteiger partial charge in [-0.3, -0.25) is 0 Å². The number of nitrogens with zero attached hydrogens (tertiary/aromatic N) is 1. The van der Waals surface area contributed by atoms with Crippen molar-refractivity contribution in [1.29, 1.82) is 0 Å². The van der Waals surface area contributed by atoms with Crippen LogP contribution in [0, 0.1) is 5.92 Å². The zero-order valence-electron chi connectivity index (χ0n) is 11.3. The molecule has 1 aromatic rings. The number of hydrogen-bond acceptors (Lipinski definition) is 4. The van der Waals surface area contributed by atoms with Crippen LogP contribution in [0.4, 0.5) is 11.6 Å². The summed E-state index contributed by atoms with van der Waals surface area (Å²) in [5.74, 6) is 1.62. The van der Waals surface area contributed by atoms with Gasteiger partial charge in [-0.2, -0.15) is 0 Å². The fraction of sp³-hybridized carbons (Fsp3) is 0.615. The molecule has 1 aromatic heterocycles. The number of anilines is 2. The predicted octanol–water partition coefficient (Wildman–Crippen LogP) is 3.64. The molecule has 0 bridgehead atoms. The second-order valence-corrected chi connectivity index (χ2v) is 5.39. The van der Waals surface area contributed by atoms with Crippen molar-refractivity contribution >= 4 is 34.8 Å². The Morgan fingerprint density at radius 3 is 2.47 bits per heavy atom. The molecule has 19 heavy (non-hydrogen) atoms. The zero-order valence-corrected chi connectivity index (χ0v) is 12.9. The lowest BCUT2D eigenvalue weighted by atomic mass is 10.1. The molecule has 0 spiro atoms. The van der Waals surface area contributed by atoms with Gasteiger partial charge in [0.1, 0.15) is 11.6 Å². The van der Waals surface area contributed by atoms with Crippen LogP contribution in [0.3, 0.4) is 0 Å². The Kier molecular flexibility index (Phi) is 7.28. The third-order valence-electron chi connectivity index (χ3n) is 2.71. The summed E-state index contributed by atoms with van der Waals surface area (Å²) in [4.78, 5) is 4.39. The number of aliphatic hydroxyl groups excluding tert-OH is 1. The van der Waals surface area contributed by atoms with Crippen LogP contribution >= 0.6 is 23.2 Å². The van der Waals surface area contributed by atoms with Crippen molar-refractivity contribution in [1.82, 2.24) is 4.98 Å². The molecule has 1 atom stereocenters. The van der Waals surface area contributed by atoms with Gasteiger partial charge in [-0.1, -0.05) is 37.0 Å². The molecule has 0 fully saturated rings. The maximum absolute atomic E-state index is 8.87. The summed E-state index contributed by atoms with van der Waals surface area (Å²) >= 11 is 12.2. The molecule has 0 amide bonds. The number of rotatable bonds is 8. The molecular weight excluding hydrogens is 285 g/mol. The van der Waals surface area contributed by atoms with Crippen LogP contribution < -0.4 is 10.6 Å². The summed E-state index contributed by atoms with van der Waals surface area (Å²) in [6, 6.07) is 1.69. The first-order chi connectivity index (χ1) is 9.08. The topological polar surface area (TPSA) is 57.2 Å². The molecule has 4 nitrogen and oxygen atoms in total. The van der Waals surface area contributed by atoms with Gasteiger partial charge in [-0.15, -0.1) is 0 Å². The van der Waals surface area contributed by atoms with E-state index in [9.17, 15) is 0 Å². The fourth-order valence-electron chi connectivity index (χ4n) is 1.55. The van der Waals surface area contributed by atoms with E-state index in [0.29, 0.717) is 34.1 Å². The van der Waals surface area contributed by atoms with Gasteiger partial charge in [0.25, 0.3) is 0 Å². The summed E-state index contributed by atoms with van der Waals surface area (Å²) in [6.07, 6.45) is 1.75. The molecule has 1 rings (SSSR count). The average Bonchev–Trinajstić information content (AvgIpc) is 2.37. The SMILES string of the molecule is CCCNc1nc(NCC(C)CCO)c(Cl)cc1Cl. The summed E-state index contributed by atoms with van der Waals surface area (Å²) in [5, 5.41) is 16.2. The lowest BCUT2D eigenvalue weighted by Crippen LogP contribution is -2.14. The van der Waals surface area contributed by atoms with Crippen LogP contribution in [-0.2, 0) is 0 Å². The molecular formula is C13H21Cl2N3O. The number of halogens is 2. The maximum atomic E-state index is 8.87. The van der Waals surface area contributed by atoms with Gasteiger partial charge in [-0.05, 0) is 24.8 Å². The lowest BCUT2D eigenvalue weighted by molar-refractivity contribution is 0.266. The summed E-state index contributed by atoms with van der Waals surface area (Å²) in [5.41, 5.74) is 0. The molecule has 3 N–H and O–H groups in total. The van der Waals surface area contributed by atoms with Crippen molar-refractivity contribution in [3.8, 4) is 0 Å². The minimum atomic E-state index is 0.188. The summed E-state index contributed by atoms with van der Waals surface area (Å²) < 4.78 is 0. The Morgan fingerprint density at radius 2 is 1.89 bits per heavy atom. The van der Waals surface area contributed by atoms with Gasteiger partial charge < -0.3 is 15.7 Å². The van der Waals surface area contributed by atoms with Crippen LogP contribution in [0.25, 0.3) is 0 Å². The van der Waals surface area contributed by atoms with E-state index in [0.717, 1.165) is 19.4 Å². The number of hydrogen-bond donors (Lipinski definition) is 3. The largest absolute Gasteiger partial charge is 0.396 e. The highest BCUT2D eigenvalue weighted by Gasteiger charge is 2.10. The van der Waals surface area contributed by atoms with Crippen LogP contribution in [0.15, 0.2) is 6.07 Å². The first-order valence-corrected chi connectivity index (χ1v) is 7.28. The monoisotopic (exact) mass is 305 g/mol. The first-order valence-electron chi connectivity index (χ1n) is 6.53. The molecule has 0 aliphatic rings. The lowest BCUT2D eigenvalue weighted by Gasteiger charge is -2.15. The van der Waals surface area contributed by atoms with E-state index in [1.807, 2.05) is 0 Å². The normalized spacial score (nSPS) is 12.3. The van der Waals surface area contributed by atoms with Crippen molar-refractivity contribution < 1.29 is 5.11 Å². The van der Waals surface area contributed by atoms with E-state index in [1.54, 1.807) is 6.07 Å². The molecule has 108 valence electrons. The molecule has 6 heteroatoms. The number of aromatic nitrogens is 1. The van der Waals surface area contributed by atoms with Crippen molar-refractivity contribution in [2.75, 3.05) is 30.3 Å². The molecule has 0 saturated carbocycles. The highest BCUT2D eigenvalue weighted by Crippen LogP contribution is 2.29. The van der Waals surface area contributed by atoms with E-state index in [1.165, 1.54) is 0 Å². The average molecular weight is 306 g/mol. The first kappa shape index (κ1) is 16.3. The van der Waals surface area contributed by atoms with E-state index >= 15 is 0 Å². The molecule has 0 aromatic carbocycles.